The molecule has 0 aliphatic carbocycles. The Kier molecular flexibility index (Phi) is 6.92. The molecule has 0 saturated carbocycles. The van der Waals surface area contributed by atoms with E-state index in [2.05, 4.69) is 35.9 Å². The van der Waals surface area contributed by atoms with Crippen LogP contribution in [0.5, 0.6) is 0 Å². The molecule has 1 aliphatic rings. The Hall–Kier alpha value is -4.13. The summed E-state index contributed by atoms with van der Waals surface area (Å²) in [5, 5.41) is 9.05. The van der Waals surface area contributed by atoms with Gasteiger partial charge in [0.15, 0.2) is 0 Å². The van der Waals surface area contributed by atoms with Gasteiger partial charge in [0.2, 0.25) is 5.91 Å². The number of nitrogens with one attached hydrogen (secondary N) is 3. The van der Waals surface area contributed by atoms with E-state index >= 15 is 0 Å². The van der Waals surface area contributed by atoms with Crippen molar-refractivity contribution in [1.29, 1.82) is 0 Å². The van der Waals surface area contributed by atoms with E-state index in [1.165, 1.54) is 10.5 Å². The molecule has 0 spiro atoms. The van der Waals surface area contributed by atoms with Crippen LogP contribution in [-0.4, -0.2) is 42.3 Å². The molecule has 1 fully saturated rings. The SMILES string of the molecule is Cc1cccc(Nc2ccccc2C(=O)NCc2ccc(C(=O)N3CCNC(=O)C3)cc2)c1C. The van der Waals surface area contributed by atoms with Crippen molar-refractivity contribution in [2.45, 2.75) is 20.4 Å². The Morgan fingerprint density at radius 2 is 1.68 bits per heavy atom. The van der Waals surface area contributed by atoms with Crippen molar-refractivity contribution in [2.75, 3.05) is 25.0 Å². The zero-order valence-electron chi connectivity index (χ0n) is 19.4. The number of nitrogens with zero attached hydrogens (tertiary/aromatic N) is 1. The van der Waals surface area contributed by atoms with Crippen LogP contribution in [0.2, 0.25) is 0 Å². The highest BCUT2D eigenvalue weighted by atomic mass is 16.2. The first kappa shape index (κ1) is 23.0. The van der Waals surface area contributed by atoms with Gasteiger partial charge in [0.05, 0.1) is 17.8 Å². The maximum atomic E-state index is 12.9. The third-order valence-corrected chi connectivity index (χ3v) is 6.03. The number of hydrogen-bond donors (Lipinski definition) is 3. The van der Waals surface area contributed by atoms with Crippen molar-refractivity contribution < 1.29 is 14.4 Å². The zero-order chi connectivity index (χ0) is 24.1. The van der Waals surface area contributed by atoms with Crippen molar-refractivity contribution >= 4 is 29.1 Å². The van der Waals surface area contributed by atoms with Crippen molar-refractivity contribution in [1.82, 2.24) is 15.5 Å². The molecule has 1 aliphatic heterocycles. The standard InChI is InChI=1S/C27H28N4O3/c1-18-6-5-9-23(19(18)2)30-24-8-4-3-7-22(24)26(33)29-16-20-10-12-21(13-11-20)27(34)31-15-14-28-25(32)17-31/h3-13,30H,14-17H2,1-2H3,(H,28,32)(H,29,33). The monoisotopic (exact) mass is 456 g/mol. The molecule has 7 heteroatoms. The van der Waals surface area contributed by atoms with E-state index in [9.17, 15) is 14.4 Å². The molecule has 3 N–H and O–H groups in total. The van der Waals surface area contributed by atoms with Crippen LogP contribution in [0.25, 0.3) is 0 Å². The average Bonchev–Trinajstić information content (AvgIpc) is 2.85. The second-order valence-corrected chi connectivity index (χ2v) is 8.37. The van der Waals surface area contributed by atoms with Gasteiger partial charge in [-0.05, 0) is 60.9 Å². The largest absolute Gasteiger partial charge is 0.355 e. The van der Waals surface area contributed by atoms with Crippen LogP contribution in [-0.2, 0) is 11.3 Å². The van der Waals surface area contributed by atoms with Crippen molar-refractivity contribution in [3.05, 3.63) is 94.5 Å². The zero-order valence-corrected chi connectivity index (χ0v) is 19.4. The molecule has 0 aromatic heterocycles. The highest BCUT2D eigenvalue weighted by molar-refractivity contribution is 6.00. The molecule has 7 nitrogen and oxygen atoms in total. The molecule has 0 unspecified atom stereocenters. The van der Waals surface area contributed by atoms with Gasteiger partial charge in [-0.15, -0.1) is 0 Å². The Bertz CT molecular complexity index is 1220. The first-order chi connectivity index (χ1) is 16.4. The molecule has 34 heavy (non-hydrogen) atoms. The van der Waals surface area contributed by atoms with Crippen molar-refractivity contribution in [3.63, 3.8) is 0 Å². The summed E-state index contributed by atoms with van der Waals surface area (Å²) in [5.74, 6) is -0.504. The van der Waals surface area contributed by atoms with Gasteiger partial charge in [0.1, 0.15) is 0 Å². The predicted octanol–water partition coefficient (Wildman–Crippen LogP) is 3.55. The second kappa shape index (κ2) is 10.2. The average molecular weight is 457 g/mol. The number of benzene rings is 3. The number of hydrogen-bond acceptors (Lipinski definition) is 4. The van der Waals surface area contributed by atoms with Crippen LogP contribution in [0, 0.1) is 13.8 Å². The number of para-hydroxylation sites is 1. The molecule has 0 radical (unpaired) electrons. The highest BCUT2D eigenvalue weighted by Gasteiger charge is 2.22. The van der Waals surface area contributed by atoms with Crippen LogP contribution < -0.4 is 16.0 Å². The van der Waals surface area contributed by atoms with Crippen LogP contribution in [0.1, 0.15) is 37.4 Å². The van der Waals surface area contributed by atoms with Gasteiger partial charge >= 0.3 is 0 Å². The van der Waals surface area contributed by atoms with Gasteiger partial charge in [0.25, 0.3) is 11.8 Å². The summed E-state index contributed by atoms with van der Waals surface area (Å²) in [6.07, 6.45) is 0. The minimum absolute atomic E-state index is 0.0756. The maximum Gasteiger partial charge on any atom is 0.254 e. The molecule has 0 bridgehead atoms. The molecule has 0 atom stereocenters. The van der Waals surface area contributed by atoms with Crippen LogP contribution in [0.3, 0.4) is 0 Å². The summed E-state index contributed by atoms with van der Waals surface area (Å²) in [4.78, 5) is 38.6. The number of carbonyl (C=O) groups is 3. The molecule has 1 heterocycles. The molecule has 3 aromatic rings. The number of amides is 3. The van der Waals surface area contributed by atoms with E-state index in [1.54, 1.807) is 18.2 Å². The smallest absolute Gasteiger partial charge is 0.254 e. The summed E-state index contributed by atoms with van der Waals surface area (Å²) >= 11 is 0. The number of carbonyl (C=O) groups excluding carboxylic acids is 3. The van der Waals surface area contributed by atoms with Gasteiger partial charge in [0, 0.05) is 30.9 Å². The van der Waals surface area contributed by atoms with Gasteiger partial charge in [-0.1, -0.05) is 36.4 Å². The first-order valence-corrected chi connectivity index (χ1v) is 11.3. The van der Waals surface area contributed by atoms with Crippen LogP contribution in [0.15, 0.2) is 66.7 Å². The third kappa shape index (κ3) is 5.26. The Morgan fingerprint density at radius 3 is 2.44 bits per heavy atom. The minimum Gasteiger partial charge on any atom is -0.355 e. The normalized spacial score (nSPS) is 13.2. The van der Waals surface area contributed by atoms with Gasteiger partial charge in [-0.3, -0.25) is 14.4 Å². The highest BCUT2D eigenvalue weighted by Crippen LogP contribution is 2.25. The minimum atomic E-state index is -0.187. The molecule has 3 amide bonds. The number of piperazine rings is 1. The van der Waals surface area contributed by atoms with Crippen molar-refractivity contribution in [3.8, 4) is 0 Å². The molecular formula is C27H28N4O3. The molecular weight excluding hydrogens is 428 g/mol. The summed E-state index contributed by atoms with van der Waals surface area (Å²) < 4.78 is 0. The summed E-state index contributed by atoms with van der Waals surface area (Å²) in [7, 11) is 0. The van der Waals surface area contributed by atoms with E-state index in [0.29, 0.717) is 30.8 Å². The van der Waals surface area contributed by atoms with Gasteiger partial charge < -0.3 is 20.9 Å². The van der Waals surface area contributed by atoms with Crippen LogP contribution in [0.4, 0.5) is 11.4 Å². The fraction of sp³-hybridized carbons (Fsp3) is 0.222. The number of aryl methyl sites for hydroxylation is 1. The van der Waals surface area contributed by atoms with E-state index in [4.69, 9.17) is 0 Å². The molecule has 1 saturated heterocycles. The number of anilines is 2. The van der Waals surface area contributed by atoms with E-state index in [1.807, 2.05) is 42.5 Å². The van der Waals surface area contributed by atoms with Crippen molar-refractivity contribution in [2.24, 2.45) is 0 Å². The topological polar surface area (TPSA) is 90.5 Å². The Labute approximate surface area is 199 Å². The molecule has 4 rings (SSSR count). The lowest BCUT2D eigenvalue weighted by atomic mass is 10.1. The summed E-state index contributed by atoms with van der Waals surface area (Å²) in [6, 6.07) is 20.5. The lowest BCUT2D eigenvalue weighted by molar-refractivity contribution is -0.123. The summed E-state index contributed by atoms with van der Waals surface area (Å²) in [5.41, 5.74) is 5.97. The Morgan fingerprint density at radius 1 is 0.941 bits per heavy atom. The second-order valence-electron chi connectivity index (χ2n) is 8.37. The fourth-order valence-corrected chi connectivity index (χ4v) is 3.86. The fourth-order valence-electron chi connectivity index (χ4n) is 3.86. The summed E-state index contributed by atoms with van der Waals surface area (Å²) in [6.45, 7) is 5.48. The predicted molar refractivity (Wildman–Crippen MR) is 132 cm³/mol. The van der Waals surface area contributed by atoms with Gasteiger partial charge in [-0.25, -0.2) is 0 Å². The lowest BCUT2D eigenvalue weighted by Gasteiger charge is -2.26. The number of rotatable bonds is 6. The Balaban J connectivity index is 1.40. The molecule has 3 aromatic carbocycles. The lowest BCUT2D eigenvalue weighted by Crippen LogP contribution is -2.49. The quantitative estimate of drug-likeness (QED) is 0.529. The van der Waals surface area contributed by atoms with Gasteiger partial charge in [-0.2, -0.15) is 0 Å². The third-order valence-electron chi connectivity index (χ3n) is 6.03. The molecule has 174 valence electrons. The van der Waals surface area contributed by atoms with E-state index in [0.717, 1.165) is 22.5 Å². The van der Waals surface area contributed by atoms with E-state index in [-0.39, 0.29) is 24.3 Å². The first-order valence-electron chi connectivity index (χ1n) is 11.3. The van der Waals surface area contributed by atoms with E-state index < -0.39 is 0 Å². The van der Waals surface area contributed by atoms with Crippen LogP contribution >= 0.6 is 0 Å². The maximum absolute atomic E-state index is 12.9.